The highest BCUT2D eigenvalue weighted by molar-refractivity contribution is 6.08. The normalized spacial score (nSPS) is 15.0. The SMILES string of the molecule is [B]CCc1ccc(OC2CN(CC(=C)NCC(=C)C)C2)c(C)c1. The van der Waals surface area contributed by atoms with Crippen LogP contribution in [0.1, 0.15) is 18.1 Å². The molecule has 1 aliphatic rings. The zero-order chi connectivity index (χ0) is 16.8. The van der Waals surface area contributed by atoms with Gasteiger partial charge in [-0.1, -0.05) is 37.2 Å². The molecule has 0 amide bonds. The number of benzene rings is 1. The molecule has 1 aliphatic heterocycles. The molecule has 0 unspecified atom stereocenters. The lowest BCUT2D eigenvalue weighted by Gasteiger charge is -2.39. The van der Waals surface area contributed by atoms with Crippen LogP contribution in [0.25, 0.3) is 0 Å². The van der Waals surface area contributed by atoms with Gasteiger partial charge in [0.15, 0.2) is 0 Å². The van der Waals surface area contributed by atoms with Crippen molar-refractivity contribution < 1.29 is 4.74 Å². The molecule has 3 nitrogen and oxygen atoms in total. The summed E-state index contributed by atoms with van der Waals surface area (Å²) in [6.07, 6.45) is 1.86. The maximum atomic E-state index is 6.09. The van der Waals surface area contributed by atoms with Crippen molar-refractivity contribution in [2.75, 3.05) is 26.2 Å². The van der Waals surface area contributed by atoms with E-state index >= 15 is 0 Å². The molecular formula is C19H27BN2O. The van der Waals surface area contributed by atoms with Crippen molar-refractivity contribution in [3.63, 3.8) is 0 Å². The highest BCUT2D eigenvalue weighted by Gasteiger charge is 2.28. The van der Waals surface area contributed by atoms with Crippen molar-refractivity contribution >= 4 is 7.85 Å². The quantitative estimate of drug-likeness (QED) is 0.561. The minimum absolute atomic E-state index is 0.267. The summed E-state index contributed by atoms with van der Waals surface area (Å²) in [6, 6.07) is 6.34. The van der Waals surface area contributed by atoms with Crippen molar-refractivity contribution in [3.8, 4) is 5.75 Å². The van der Waals surface area contributed by atoms with Crippen LogP contribution in [0.15, 0.2) is 42.6 Å². The number of hydrogen-bond acceptors (Lipinski definition) is 3. The summed E-state index contributed by atoms with van der Waals surface area (Å²) in [7, 11) is 5.60. The highest BCUT2D eigenvalue weighted by Crippen LogP contribution is 2.24. The number of nitrogens with one attached hydrogen (secondary N) is 1. The van der Waals surface area contributed by atoms with Crippen LogP contribution in [0.2, 0.25) is 6.32 Å². The van der Waals surface area contributed by atoms with E-state index in [0.29, 0.717) is 6.32 Å². The summed E-state index contributed by atoms with van der Waals surface area (Å²) in [4.78, 5) is 2.33. The molecule has 1 aromatic carbocycles. The molecule has 0 saturated carbocycles. The van der Waals surface area contributed by atoms with Crippen molar-refractivity contribution in [1.82, 2.24) is 10.2 Å². The Morgan fingerprint density at radius 2 is 2.13 bits per heavy atom. The Morgan fingerprint density at radius 3 is 2.74 bits per heavy atom. The van der Waals surface area contributed by atoms with E-state index in [1.165, 1.54) is 11.1 Å². The molecule has 2 rings (SSSR count). The maximum Gasteiger partial charge on any atom is 0.124 e. The third-order valence-electron chi connectivity index (χ3n) is 3.94. The molecular weight excluding hydrogens is 283 g/mol. The fourth-order valence-electron chi connectivity index (χ4n) is 2.67. The molecule has 1 fully saturated rings. The van der Waals surface area contributed by atoms with E-state index in [-0.39, 0.29) is 6.10 Å². The molecule has 1 heterocycles. The summed E-state index contributed by atoms with van der Waals surface area (Å²) in [6.45, 7) is 15.6. The highest BCUT2D eigenvalue weighted by atomic mass is 16.5. The van der Waals surface area contributed by atoms with Crippen LogP contribution >= 0.6 is 0 Å². The second-order valence-corrected chi connectivity index (χ2v) is 6.49. The average molecular weight is 310 g/mol. The van der Waals surface area contributed by atoms with Crippen molar-refractivity contribution in [2.24, 2.45) is 0 Å². The van der Waals surface area contributed by atoms with Crippen LogP contribution in [-0.4, -0.2) is 45.0 Å². The Labute approximate surface area is 141 Å². The summed E-state index contributed by atoms with van der Waals surface area (Å²) in [5, 5.41) is 3.29. The first kappa shape index (κ1) is 17.7. The monoisotopic (exact) mass is 310 g/mol. The summed E-state index contributed by atoms with van der Waals surface area (Å²) in [5.74, 6) is 0.981. The van der Waals surface area contributed by atoms with Gasteiger partial charge in [0.25, 0.3) is 0 Å². The molecule has 0 aliphatic carbocycles. The van der Waals surface area contributed by atoms with Crippen LogP contribution in [0, 0.1) is 6.92 Å². The maximum absolute atomic E-state index is 6.09. The molecule has 122 valence electrons. The van der Waals surface area contributed by atoms with Crippen molar-refractivity contribution in [2.45, 2.75) is 32.7 Å². The van der Waals surface area contributed by atoms with Crippen LogP contribution in [-0.2, 0) is 6.42 Å². The Balaban J connectivity index is 1.73. The number of nitrogens with zero attached hydrogens (tertiary/aromatic N) is 1. The van der Waals surface area contributed by atoms with E-state index < -0.39 is 0 Å². The van der Waals surface area contributed by atoms with Gasteiger partial charge in [-0.2, -0.15) is 0 Å². The van der Waals surface area contributed by atoms with E-state index in [1.54, 1.807) is 0 Å². The third-order valence-corrected chi connectivity index (χ3v) is 3.94. The van der Waals surface area contributed by atoms with Crippen LogP contribution in [0.3, 0.4) is 0 Å². The second kappa shape index (κ2) is 8.25. The summed E-state index contributed by atoms with van der Waals surface area (Å²) < 4.78 is 6.09. The Hall–Kier alpha value is -1.68. The number of ether oxygens (including phenoxy) is 1. The van der Waals surface area contributed by atoms with Gasteiger partial charge in [0, 0.05) is 31.9 Å². The van der Waals surface area contributed by atoms with Crippen LogP contribution < -0.4 is 10.1 Å². The number of rotatable bonds is 9. The van der Waals surface area contributed by atoms with Gasteiger partial charge in [-0.3, -0.25) is 4.90 Å². The summed E-state index contributed by atoms with van der Waals surface area (Å²) >= 11 is 0. The lowest BCUT2D eigenvalue weighted by molar-refractivity contribution is 0.0253. The predicted molar refractivity (Wildman–Crippen MR) is 98.3 cm³/mol. The topological polar surface area (TPSA) is 24.5 Å². The Kier molecular flexibility index (Phi) is 6.34. The van der Waals surface area contributed by atoms with Gasteiger partial charge >= 0.3 is 0 Å². The van der Waals surface area contributed by atoms with E-state index in [0.717, 1.165) is 49.6 Å². The fraction of sp³-hybridized carbons (Fsp3) is 0.474. The van der Waals surface area contributed by atoms with Gasteiger partial charge in [0.1, 0.15) is 11.9 Å². The Bertz CT molecular complexity index is 564. The zero-order valence-electron chi connectivity index (χ0n) is 14.4. The first-order chi connectivity index (χ1) is 11.0. The van der Waals surface area contributed by atoms with Crippen molar-refractivity contribution in [3.05, 3.63) is 53.8 Å². The number of aryl methyl sites for hydroxylation is 2. The zero-order valence-corrected chi connectivity index (χ0v) is 14.4. The lowest BCUT2D eigenvalue weighted by Crippen LogP contribution is -2.54. The number of hydrogen-bond donors (Lipinski definition) is 1. The second-order valence-electron chi connectivity index (χ2n) is 6.49. The fourth-order valence-corrected chi connectivity index (χ4v) is 2.67. The third kappa shape index (κ3) is 5.47. The summed E-state index contributed by atoms with van der Waals surface area (Å²) in [5.41, 5.74) is 4.60. The molecule has 1 N–H and O–H groups in total. The van der Waals surface area contributed by atoms with Gasteiger partial charge in [-0.25, -0.2) is 0 Å². The van der Waals surface area contributed by atoms with E-state index in [1.807, 2.05) is 6.92 Å². The standard InChI is InChI=1S/C19H27BN2O/c1-14(2)10-21-16(4)11-22-12-18(13-22)23-19-6-5-17(7-8-20)9-15(19)3/h5-6,9,18,21H,1,4,7-8,10-13H2,2-3H3. The molecule has 0 bridgehead atoms. The van der Waals surface area contributed by atoms with Crippen LogP contribution in [0.5, 0.6) is 5.75 Å². The van der Waals surface area contributed by atoms with Gasteiger partial charge in [0.2, 0.25) is 0 Å². The van der Waals surface area contributed by atoms with E-state index in [2.05, 4.69) is 48.5 Å². The first-order valence-electron chi connectivity index (χ1n) is 8.22. The number of likely N-dealkylation sites (tertiary alicyclic amines) is 1. The molecule has 23 heavy (non-hydrogen) atoms. The molecule has 0 atom stereocenters. The molecule has 0 spiro atoms. The molecule has 0 aromatic heterocycles. The van der Waals surface area contributed by atoms with Gasteiger partial charge in [-0.05, 0) is 37.5 Å². The van der Waals surface area contributed by atoms with Crippen molar-refractivity contribution in [1.29, 1.82) is 0 Å². The van der Waals surface area contributed by atoms with E-state index in [4.69, 9.17) is 12.6 Å². The van der Waals surface area contributed by atoms with Crippen LogP contribution in [0.4, 0.5) is 0 Å². The molecule has 1 aromatic rings. The van der Waals surface area contributed by atoms with Gasteiger partial charge in [-0.15, -0.1) is 0 Å². The minimum atomic E-state index is 0.267. The average Bonchev–Trinajstić information content (AvgIpc) is 2.45. The largest absolute Gasteiger partial charge is 0.487 e. The van der Waals surface area contributed by atoms with Gasteiger partial charge in [0.05, 0.1) is 7.85 Å². The minimum Gasteiger partial charge on any atom is -0.487 e. The van der Waals surface area contributed by atoms with E-state index in [9.17, 15) is 0 Å². The smallest absolute Gasteiger partial charge is 0.124 e. The molecule has 4 heteroatoms. The Morgan fingerprint density at radius 1 is 1.39 bits per heavy atom. The molecule has 1 saturated heterocycles. The predicted octanol–water partition coefficient (Wildman–Crippen LogP) is 2.87. The lowest BCUT2D eigenvalue weighted by atomic mass is 9.96. The first-order valence-corrected chi connectivity index (χ1v) is 8.22. The molecule has 2 radical (unpaired) electrons. The van der Waals surface area contributed by atoms with Gasteiger partial charge < -0.3 is 10.1 Å².